The summed E-state index contributed by atoms with van der Waals surface area (Å²) in [6.45, 7) is 6.31. The van der Waals surface area contributed by atoms with Gasteiger partial charge in [-0.1, -0.05) is 12.7 Å². The number of hydrogen-bond acceptors (Lipinski definition) is 4. The summed E-state index contributed by atoms with van der Waals surface area (Å²) in [5.41, 5.74) is 0.537. The molecule has 1 amide bonds. The van der Waals surface area contributed by atoms with E-state index in [2.05, 4.69) is 6.58 Å². The van der Waals surface area contributed by atoms with Crippen molar-refractivity contribution in [1.82, 2.24) is 4.90 Å². The Morgan fingerprint density at radius 3 is 2.85 bits per heavy atom. The van der Waals surface area contributed by atoms with Crippen LogP contribution in [0.25, 0.3) is 0 Å². The fourth-order valence-corrected chi connectivity index (χ4v) is 2.01. The van der Waals surface area contributed by atoms with E-state index in [4.69, 9.17) is 14.2 Å². The third kappa shape index (κ3) is 3.30. The van der Waals surface area contributed by atoms with Gasteiger partial charge in [0.1, 0.15) is 18.1 Å². The first-order valence-corrected chi connectivity index (χ1v) is 6.55. The number of rotatable bonds is 5. The molecule has 0 aromatic heterocycles. The third-order valence-corrected chi connectivity index (χ3v) is 3.07. The summed E-state index contributed by atoms with van der Waals surface area (Å²) in [6.07, 6.45) is 1.64. The Morgan fingerprint density at radius 1 is 1.45 bits per heavy atom. The number of methoxy groups -OCH3 is 1. The summed E-state index contributed by atoms with van der Waals surface area (Å²) in [5.74, 6) is 1.12. The molecule has 1 aliphatic rings. The predicted molar refractivity (Wildman–Crippen MR) is 75.4 cm³/mol. The minimum absolute atomic E-state index is 0.0463. The van der Waals surface area contributed by atoms with E-state index in [1.54, 1.807) is 36.3 Å². The minimum atomic E-state index is -0.0463. The highest BCUT2D eigenvalue weighted by Crippen LogP contribution is 2.26. The normalized spacial score (nSPS) is 14.8. The fourth-order valence-electron chi connectivity index (χ4n) is 2.01. The smallest absolute Gasteiger partial charge is 0.257 e. The van der Waals surface area contributed by atoms with Crippen molar-refractivity contribution in [1.29, 1.82) is 0 Å². The van der Waals surface area contributed by atoms with Gasteiger partial charge >= 0.3 is 0 Å². The van der Waals surface area contributed by atoms with Crippen molar-refractivity contribution in [2.45, 2.75) is 0 Å². The molecule has 0 unspecified atom stereocenters. The first kappa shape index (κ1) is 14.4. The Hall–Kier alpha value is -2.01. The van der Waals surface area contributed by atoms with Crippen LogP contribution in [0.2, 0.25) is 0 Å². The highest BCUT2D eigenvalue weighted by Gasteiger charge is 2.22. The molecule has 0 aliphatic carbocycles. The molecular formula is C15H19NO4. The van der Waals surface area contributed by atoms with Crippen LogP contribution in [0.1, 0.15) is 10.4 Å². The molecule has 20 heavy (non-hydrogen) atoms. The van der Waals surface area contributed by atoms with E-state index in [-0.39, 0.29) is 5.91 Å². The number of morpholine rings is 1. The Balaban J connectivity index is 2.23. The Bertz CT molecular complexity index is 481. The van der Waals surface area contributed by atoms with Gasteiger partial charge in [-0.2, -0.15) is 0 Å². The van der Waals surface area contributed by atoms with Crippen molar-refractivity contribution in [2.75, 3.05) is 40.0 Å². The Kier molecular flexibility index (Phi) is 5.01. The van der Waals surface area contributed by atoms with Crippen molar-refractivity contribution in [3.8, 4) is 11.5 Å². The molecule has 0 saturated carbocycles. The van der Waals surface area contributed by atoms with Crippen molar-refractivity contribution in [3.05, 3.63) is 36.4 Å². The molecule has 1 saturated heterocycles. The van der Waals surface area contributed by atoms with Crippen molar-refractivity contribution in [3.63, 3.8) is 0 Å². The molecule has 0 bridgehead atoms. The fraction of sp³-hybridized carbons (Fsp3) is 0.400. The molecule has 0 atom stereocenters. The largest absolute Gasteiger partial charge is 0.497 e. The summed E-state index contributed by atoms with van der Waals surface area (Å²) in [7, 11) is 1.58. The molecule has 0 radical (unpaired) electrons. The number of carbonyl (C=O) groups is 1. The van der Waals surface area contributed by atoms with Gasteiger partial charge in [-0.05, 0) is 12.1 Å². The molecular weight excluding hydrogens is 258 g/mol. The van der Waals surface area contributed by atoms with Gasteiger partial charge in [-0.15, -0.1) is 0 Å². The first-order valence-electron chi connectivity index (χ1n) is 6.55. The second kappa shape index (κ2) is 6.96. The first-order chi connectivity index (χ1) is 9.76. The summed E-state index contributed by atoms with van der Waals surface area (Å²) < 4.78 is 16.0. The lowest BCUT2D eigenvalue weighted by Crippen LogP contribution is -2.40. The van der Waals surface area contributed by atoms with E-state index in [0.717, 1.165) is 0 Å². The molecule has 1 aromatic carbocycles. The predicted octanol–water partition coefficient (Wildman–Crippen LogP) is 1.73. The molecule has 108 valence electrons. The number of ether oxygens (including phenoxy) is 3. The van der Waals surface area contributed by atoms with E-state index >= 15 is 0 Å². The molecule has 1 aliphatic heterocycles. The number of carbonyl (C=O) groups excluding carboxylic acids is 1. The second-order valence-electron chi connectivity index (χ2n) is 4.37. The van der Waals surface area contributed by atoms with Crippen molar-refractivity contribution in [2.24, 2.45) is 0 Å². The lowest BCUT2D eigenvalue weighted by Gasteiger charge is -2.27. The molecule has 5 nitrogen and oxygen atoms in total. The minimum Gasteiger partial charge on any atom is -0.497 e. The molecule has 2 rings (SSSR count). The monoisotopic (exact) mass is 277 g/mol. The van der Waals surface area contributed by atoms with Crippen LogP contribution < -0.4 is 9.47 Å². The van der Waals surface area contributed by atoms with E-state index in [0.29, 0.717) is 50.0 Å². The quantitative estimate of drug-likeness (QED) is 0.769. The van der Waals surface area contributed by atoms with E-state index in [1.807, 2.05) is 0 Å². The van der Waals surface area contributed by atoms with Gasteiger partial charge in [0.05, 0.1) is 25.9 Å². The van der Waals surface area contributed by atoms with E-state index in [9.17, 15) is 4.79 Å². The van der Waals surface area contributed by atoms with Gasteiger partial charge in [0, 0.05) is 19.2 Å². The Labute approximate surface area is 118 Å². The van der Waals surface area contributed by atoms with Gasteiger partial charge in [-0.3, -0.25) is 4.79 Å². The maximum Gasteiger partial charge on any atom is 0.257 e. The van der Waals surface area contributed by atoms with Crippen LogP contribution in [0.3, 0.4) is 0 Å². The third-order valence-electron chi connectivity index (χ3n) is 3.07. The number of nitrogens with zero attached hydrogens (tertiary/aromatic N) is 1. The molecule has 1 aromatic rings. The van der Waals surface area contributed by atoms with Crippen LogP contribution in [0.4, 0.5) is 0 Å². The van der Waals surface area contributed by atoms with Crippen LogP contribution in [0.15, 0.2) is 30.9 Å². The zero-order valence-corrected chi connectivity index (χ0v) is 11.6. The second-order valence-corrected chi connectivity index (χ2v) is 4.37. The molecule has 1 fully saturated rings. The van der Waals surface area contributed by atoms with Gasteiger partial charge < -0.3 is 19.1 Å². The Morgan fingerprint density at radius 2 is 2.20 bits per heavy atom. The van der Waals surface area contributed by atoms with Crippen molar-refractivity contribution < 1.29 is 19.0 Å². The maximum absolute atomic E-state index is 12.5. The molecule has 1 heterocycles. The average Bonchev–Trinajstić information content (AvgIpc) is 2.52. The van der Waals surface area contributed by atoms with Crippen LogP contribution in [-0.4, -0.2) is 50.8 Å². The number of amides is 1. The van der Waals surface area contributed by atoms with E-state index < -0.39 is 0 Å². The van der Waals surface area contributed by atoms with E-state index in [1.165, 1.54) is 0 Å². The van der Waals surface area contributed by atoms with Gasteiger partial charge in [0.2, 0.25) is 0 Å². The molecule has 5 heteroatoms. The van der Waals surface area contributed by atoms with Gasteiger partial charge in [0.15, 0.2) is 0 Å². The summed E-state index contributed by atoms with van der Waals surface area (Å²) in [5, 5.41) is 0. The van der Waals surface area contributed by atoms with Gasteiger partial charge in [-0.25, -0.2) is 0 Å². The maximum atomic E-state index is 12.5. The van der Waals surface area contributed by atoms with Crippen LogP contribution in [-0.2, 0) is 4.74 Å². The average molecular weight is 277 g/mol. The summed E-state index contributed by atoms with van der Waals surface area (Å²) in [6, 6.07) is 5.21. The topological polar surface area (TPSA) is 48.0 Å². The zero-order chi connectivity index (χ0) is 14.4. The zero-order valence-electron chi connectivity index (χ0n) is 11.6. The highest BCUT2D eigenvalue weighted by molar-refractivity contribution is 5.97. The lowest BCUT2D eigenvalue weighted by atomic mass is 10.1. The summed E-state index contributed by atoms with van der Waals surface area (Å²) >= 11 is 0. The molecule has 0 N–H and O–H groups in total. The molecule has 0 spiro atoms. The van der Waals surface area contributed by atoms with Crippen LogP contribution in [0, 0.1) is 0 Å². The standard InChI is InChI=1S/C15H19NO4/c1-3-8-20-14-11-12(18-2)4-5-13(14)15(17)16-6-9-19-10-7-16/h3-5,11H,1,6-10H2,2H3. The SMILES string of the molecule is C=CCOc1cc(OC)ccc1C(=O)N1CCOCC1. The number of hydrogen-bond donors (Lipinski definition) is 0. The lowest BCUT2D eigenvalue weighted by molar-refractivity contribution is 0.0300. The van der Waals surface area contributed by atoms with Crippen LogP contribution in [0.5, 0.6) is 11.5 Å². The van der Waals surface area contributed by atoms with Gasteiger partial charge in [0.25, 0.3) is 5.91 Å². The summed E-state index contributed by atoms with van der Waals surface area (Å²) in [4.78, 5) is 14.3. The number of benzene rings is 1. The highest BCUT2D eigenvalue weighted by atomic mass is 16.5. The van der Waals surface area contributed by atoms with Crippen molar-refractivity contribution >= 4 is 5.91 Å². The van der Waals surface area contributed by atoms with Crippen LogP contribution >= 0.6 is 0 Å².